The van der Waals surface area contributed by atoms with Crippen molar-refractivity contribution in [2.24, 2.45) is 17.6 Å². The minimum Gasteiger partial charge on any atom is -0.467 e. The summed E-state index contributed by atoms with van der Waals surface area (Å²) in [5, 5.41) is 0. The van der Waals surface area contributed by atoms with Gasteiger partial charge in [-0.1, -0.05) is 27.7 Å². The fourth-order valence-corrected chi connectivity index (χ4v) is 2.40. The first-order valence-electron chi connectivity index (χ1n) is 6.73. The molecule has 1 aromatic heterocycles. The van der Waals surface area contributed by atoms with Crippen LogP contribution in [0.4, 0.5) is 0 Å². The van der Waals surface area contributed by atoms with Gasteiger partial charge in [0, 0.05) is 24.4 Å². The average Bonchev–Trinajstić information content (AvgIpc) is 2.78. The maximum atomic E-state index is 12.0. The summed E-state index contributed by atoms with van der Waals surface area (Å²) in [7, 11) is 1.41. The summed E-state index contributed by atoms with van der Waals surface area (Å²) in [6.07, 6.45) is 3.50. The second-order valence-electron chi connectivity index (χ2n) is 5.52. The Morgan fingerprint density at radius 2 is 2.00 bits per heavy atom. The van der Waals surface area contributed by atoms with Crippen molar-refractivity contribution in [3.05, 3.63) is 18.2 Å². The van der Waals surface area contributed by atoms with Crippen molar-refractivity contribution < 1.29 is 9.53 Å². The number of imidazole rings is 1. The molecule has 5 nitrogen and oxygen atoms in total. The largest absolute Gasteiger partial charge is 0.467 e. The first kappa shape index (κ1) is 15.7. The average molecular weight is 267 g/mol. The molecule has 2 unspecified atom stereocenters. The van der Waals surface area contributed by atoms with E-state index in [2.05, 4.69) is 18.8 Å². The molecule has 0 radical (unpaired) electrons. The minimum absolute atomic E-state index is 0.131. The van der Waals surface area contributed by atoms with Gasteiger partial charge in [-0.25, -0.2) is 9.78 Å². The fourth-order valence-electron chi connectivity index (χ4n) is 2.40. The van der Waals surface area contributed by atoms with Crippen LogP contribution in [-0.2, 0) is 9.53 Å². The predicted molar refractivity (Wildman–Crippen MR) is 74.8 cm³/mol. The predicted octanol–water partition coefficient (Wildman–Crippen LogP) is 1.95. The van der Waals surface area contributed by atoms with E-state index in [1.165, 1.54) is 7.11 Å². The molecule has 0 aliphatic carbocycles. The number of aromatic nitrogens is 2. The second-order valence-corrected chi connectivity index (χ2v) is 5.52. The van der Waals surface area contributed by atoms with E-state index in [0.29, 0.717) is 12.5 Å². The van der Waals surface area contributed by atoms with E-state index in [4.69, 9.17) is 10.5 Å². The number of carbonyl (C=O) groups excluding carboxylic acids is 1. The molecule has 1 aromatic rings. The molecule has 0 aromatic carbocycles. The molecule has 0 fully saturated rings. The SMILES string of the molecule is COC(=O)C(C(C)C)n1cncc1C(CN)C(C)C. The number of hydrogen-bond acceptors (Lipinski definition) is 4. The highest BCUT2D eigenvalue weighted by Gasteiger charge is 2.29. The van der Waals surface area contributed by atoms with Gasteiger partial charge in [-0.2, -0.15) is 0 Å². The van der Waals surface area contributed by atoms with Crippen LogP contribution in [-0.4, -0.2) is 29.2 Å². The van der Waals surface area contributed by atoms with Gasteiger partial charge >= 0.3 is 5.97 Å². The highest BCUT2D eigenvalue weighted by Crippen LogP contribution is 2.28. The lowest BCUT2D eigenvalue weighted by Crippen LogP contribution is -2.29. The van der Waals surface area contributed by atoms with Gasteiger partial charge in [0.05, 0.1) is 13.4 Å². The summed E-state index contributed by atoms with van der Waals surface area (Å²) in [5.74, 6) is 0.471. The highest BCUT2D eigenvalue weighted by molar-refractivity contribution is 5.74. The van der Waals surface area contributed by atoms with Crippen molar-refractivity contribution in [2.45, 2.75) is 39.7 Å². The number of hydrogen-bond donors (Lipinski definition) is 1. The van der Waals surface area contributed by atoms with Crippen LogP contribution in [0.1, 0.15) is 45.3 Å². The Balaban J connectivity index is 3.19. The summed E-state index contributed by atoms with van der Waals surface area (Å²) < 4.78 is 6.82. The molecular formula is C14H25N3O2. The Morgan fingerprint density at radius 1 is 1.37 bits per heavy atom. The quantitative estimate of drug-likeness (QED) is 0.800. The van der Waals surface area contributed by atoms with Gasteiger partial charge < -0.3 is 15.0 Å². The maximum absolute atomic E-state index is 12.0. The van der Waals surface area contributed by atoms with Crippen LogP contribution in [0.2, 0.25) is 0 Å². The Bertz CT molecular complexity index is 413. The molecule has 0 amide bonds. The topological polar surface area (TPSA) is 70.1 Å². The fraction of sp³-hybridized carbons (Fsp3) is 0.714. The van der Waals surface area contributed by atoms with Crippen molar-refractivity contribution in [3.8, 4) is 0 Å². The van der Waals surface area contributed by atoms with E-state index in [-0.39, 0.29) is 23.8 Å². The molecule has 2 N–H and O–H groups in total. The van der Waals surface area contributed by atoms with E-state index in [1.807, 2.05) is 18.4 Å². The highest BCUT2D eigenvalue weighted by atomic mass is 16.5. The Hall–Kier alpha value is -1.36. The lowest BCUT2D eigenvalue weighted by atomic mass is 9.92. The van der Waals surface area contributed by atoms with Crippen molar-refractivity contribution in [1.29, 1.82) is 0 Å². The standard InChI is InChI=1S/C14H25N3O2/c1-9(2)11(6-15)12-7-16-8-17(12)13(10(3)4)14(18)19-5/h7-11,13H,6,15H2,1-5H3. The number of nitrogens with zero attached hydrogens (tertiary/aromatic N) is 2. The molecule has 0 spiro atoms. The van der Waals surface area contributed by atoms with Crippen LogP contribution in [0.25, 0.3) is 0 Å². The van der Waals surface area contributed by atoms with Gasteiger partial charge in [0.25, 0.3) is 0 Å². The molecule has 0 bridgehead atoms. The van der Waals surface area contributed by atoms with Crippen molar-refractivity contribution in [1.82, 2.24) is 9.55 Å². The smallest absolute Gasteiger partial charge is 0.329 e. The second kappa shape index (κ2) is 6.70. The van der Waals surface area contributed by atoms with Gasteiger partial charge in [-0.05, 0) is 11.8 Å². The molecule has 19 heavy (non-hydrogen) atoms. The van der Waals surface area contributed by atoms with Gasteiger partial charge in [0.2, 0.25) is 0 Å². The first-order chi connectivity index (χ1) is 8.93. The van der Waals surface area contributed by atoms with Crippen LogP contribution in [0.3, 0.4) is 0 Å². The molecule has 2 atom stereocenters. The number of carbonyl (C=O) groups is 1. The van der Waals surface area contributed by atoms with Gasteiger partial charge in [0.1, 0.15) is 6.04 Å². The Morgan fingerprint density at radius 3 is 2.42 bits per heavy atom. The zero-order valence-corrected chi connectivity index (χ0v) is 12.5. The van der Waals surface area contributed by atoms with Gasteiger partial charge in [0.15, 0.2) is 0 Å². The lowest BCUT2D eigenvalue weighted by molar-refractivity contribution is -0.146. The van der Waals surface area contributed by atoms with Crippen LogP contribution in [0.5, 0.6) is 0 Å². The molecule has 0 aliphatic rings. The summed E-state index contributed by atoms with van der Waals surface area (Å²) in [6.45, 7) is 8.78. The normalized spacial score (nSPS) is 14.7. The van der Waals surface area contributed by atoms with Gasteiger partial charge in [-0.15, -0.1) is 0 Å². The van der Waals surface area contributed by atoms with E-state index < -0.39 is 0 Å². The first-order valence-corrected chi connectivity index (χ1v) is 6.73. The molecular weight excluding hydrogens is 242 g/mol. The van der Waals surface area contributed by atoms with E-state index >= 15 is 0 Å². The lowest BCUT2D eigenvalue weighted by Gasteiger charge is -2.26. The molecule has 108 valence electrons. The van der Waals surface area contributed by atoms with E-state index in [9.17, 15) is 4.79 Å². The summed E-state index contributed by atoms with van der Waals surface area (Å²) in [5.41, 5.74) is 6.86. The summed E-state index contributed by atoms with van der Waals surface area (Å²) in [4.78, 5) is 16.2. The van der Waals surface area contributed by atoms with Crippen LogP contribution < -0.4 is 5.73 Å². The zero-order chi connectivity index (χ0) is 14.6. The Kier molecular flexibility index (Phi) is 5.54. The molecule has 5 heteroatoms. The number of methoxy groups -OCH3 is 1. The van der Waals surface area contributed by atoms with Crippen LogP contribution >= 0.6 is 0 Å². The third-order valence-corrected chi connectivity index (χ3v) is 3.51. The minimum atomic E-state index is -0.352. The summed E-state index contributed by atoms with van der Waals surface area (Å²) >= 11 is 0. The molecule has 0 aliphatic heterocycles. The maximum Gasteiger partial charge on any atom is 0.329 e. The van der Waals surface area contributed by atoms with E-state index in [0.717, 1.165) is 5.69 Å². The van der Waals surface area contributed by atoms with Crippen LogP contribution in [0.15, 0.2) is 12.5 Å². The van der Waals surface area contributed by atoms with Gasteiger partial charge in [-0.3, -0.25) is 0 Å². The van der Waals surface area contributed by atoms with Crippen molar-refractivity contribution >= 4 is 5.97 Å². The van der Waals surface area contributed by atoms with Crippen molar-refractivity contribution in [3.63, 3.8) is 0 Å². The third kappa shape index (κ3) is 3.35. The summed E-state index contributed by atoms with van der Waals surface area (Å²) in [6, 6.07) is -0.352. The molecule has 1 heterocycles. The molecule has 0 saturated carbocycles. The number of nitrogens with two attached hydrogens (primary N) is 1. The Labute approximate surface area is 115 Å². The number of ether oxygens (including phenoxy) is 1. The molecule has 0 saturated heterocycles. The van der Waals surface area contributed by atoms with Crippen molar-refractivity contribution in [2.75, 3.05) is 13.7 Å². The zero-order valence-electron chi connectivity index (χ0n) is 12.5. The number of rotatable bonds is 6. The van der Waals surface area contributed by atoms with E-state index in [1.54, 1.807) is 12.5 Å². The monoisotopic (exact) mass is 267 g/mol. The van der Waals surface area contributed by atoms with Crippen LogP contribution in [0, 0.1) is 11.8 Å². The third-order valence-electron chi connectivity index (χ3n) is 3.51. The molecule has 1 rings (SSSR count). The number of esters is 1.